The Kier molecular flexibility index (Phi) is 6.36. The van der Waals surface area contributed by atoms with E-state index in [-0.39, 0.29) is 11.7 Å². The van der Waals surface area contributed by atoms with Crippen LogP contribution in [0.25, 0.3) is 0 Å². The Morgan fingerprint density at radius 1 is 0.741 bits per heavy atom. The molecule has 0 aliphatic rings. The summed E-state index contributed by atoms with van der Waals surface area (Å²) in [5.74, 6) is 0.394. The number of para-hydroxylation sites is 1. The van der Waals surface area contributed by atoms with Crippen LogP contribution in [0.4, 0.5) is 0 Å². The van der Waals surface area contributed by atoms with Gasteiger partial charge in [-0.15, -0.1) is 0 Å². The molecule has 3 aromatic rings. The standard InChI is InChI=1S/C23H21NO3/c25-22(18-10-3-1-4-11-18)20-14-7-8-15-21(20)23(26)24-16-9-17-27-19-12-5-2-6-13-19/h1-8,10-15H,9,16-17H2,(H,24,26). The smallest absolute Gasteiger partial charge is 0.252 e. The highest BCUT2D eigenvalue weighted by molar-refractivity contribution is 6.15. The van der Waals surface area contributed by atoms with Crippen molar-refractivity contribution < 1.29 is 14.3 Å². The Bertz CT molecular complexity index is 892. The number of benzene rings is 3. The van der Waals surface area contributed by atoms with Gasteiger partial charge in [0, 0.05) is 17.7 Å². The topological polar surface area (TPSA) is 55.4 Å². The first-order valence-electron chi connectivity index (χ1n) is 8.90. The maximum Gasteiger partial charge on any atom is 0.252 e. The van der Waals surface area contributed by atoms with E-state index in [1.165, 1.54) is 0 Å². The monoisotopic (exact) mass is 359 g/mol. The lowest BCUT2D eigenvalue weighted by Crippen LogP contribution is -2.27. The molecule has 0 heterocycles. The molecule has 136 valence electrons. The largest absolute Gasteiger partial charge is 0.494 e. The fraction of sp³-hybridized carbons (Fsp3) is 0.130. The molecule has 0 unspecified atom stereocenters. The summed E-state index contributed by atoms with van der Waals surface area (Å²) in [5.41, 5.74) is 1.35. The van der Waals surface area contributed by atoms with Crippen molar-refractivity contribution in [2.24, 2.45) is 0 Å². The van der Waals surface area contributed by atoms with E-state index in [2.05, 4.69) is 5.32 Å². The average Bonchev–Trinajstić information content (AvgIpc) is 2.74. The lowest BCUT2D eigenvalue weighted by molar-refractivity contribution is 0.0940. The summed E-state index contributed by atoms with van der Waals surface area (Å²) in [6, 6.07) is 25.4. The summed E-state index contributed by atoms with van der Waals surface area (Å²) in [6.07, 6.45) is 0.676. The van der Waals surface area contributed by atoms with Gasteiger partial charge in [-0.3, -0.25) is 9.59 Å². The van der Waals surface area contributed by atoms with Crippen LogP contribution in [0, 0.1) is 0 Å². The van der Waals surface area contributed by atoms with Gasteiger partial charge in [-0.25, -0.2) is 0 Å². The van der Waals surface area contributed by atoms with Crippen LogP contribution >= 0.6 is 0 Å². The van der Waals surface area contributed by atoms with Crippen molar-refractivity contribution in [2.75, 3.05) is 13.2 Å². The number of ketones is 1. The van der Waals surface area contributed by atoms with Gasteiger partial charge in [-0.2, -0.15) is 0 Å². The second kappa shape index (κ2) is 9.34. The Morgan fingerprint density at radius 3 is 2.04 bits per heavy atom. The normalized spacial score (nSPS) is 10.2. The highest BCUT2D eigenvalue weighted by atomic mass is 16.5. The van der Waals surface area contributed by atoms with Crippen LogP contribution in [-0.4, -0.2) is 24.8 Å². The first kappa shape index (κ1) is 18.4. The van der Waals surface area contributed by atoms with Crippen LogP contribution in [0.1, 0.15) is 32.7 Å². The minimum atomic E-state index is -0.255. The van der Waals surface area contributed by atoms with E-state index in [9.17, 15) is 9.59 Å². The first-order valence-corrected chi connectivity index (χ1v) is 8.90. The lowest BCUT2D eigenvalue weighted by atomic mass is 9.98. The van der Waals surface area contributed by atoms with Crippen molar-refractivity contribution >= 4 is 11.7 Å². The van der Waals surface area contributed by atoms with E-state index >= 15 is 0 Å². The van der Waals surface area contributed by atoms with Gasteiger partial charge in [0.1, 0.15) is 5.75 Å². The zero-order valence-corrected chi connectivity index (χ0v) is 14.9. The van der Waals surface area contributed by atoms with Gasteiger partial charge in [0.15, 0.2) is 5.78 Å². The third-order valence-corrected chi connectivity index (χ3v) is 4.07. The van der Waals surface area contributed by atoms with Crippen LogP contribution in [0.2, 0.25) is 0 Å². The molecule has 27 heavy (non-hydrogen) atoms. The van der Waals surface area contributed by atoms with Gasteiger partial charge in [-0.1, -0.05) is 66.7 Å². The van der Waals surface area contributed by atoms with Crippen molar-refractivity contribution in [3.63, 3.8) is 0 Å². The predicted octanol–water partition coefficient (Wildman–Crippen LogP) is 4.12. The Balaban J connectivity index is 1.56. The fourth-order valence-corrected chi connectivity index (χ4v) is 2.70. The average molecular weight is 359 g/mol. The molecule has 0 aliphatic carbocycles. The third-order valence-electron chi connectivity index (χ3n) is 4.07. The number of ether oxygens (including phenoxy) is 1. The minimum Gasteiger partial charge on any atom is -0.494 e. The highest BCUT2D eigenvalue weighted by Gasteiger charge is 2.17. The number of nitrogens with one attached hydrogen (secondary N) is 1. The molecule has 1 amide bonds. The quantitative estimate of drug-likeness (QED) is 0.486. The zero-order chi connectivity index (χ0) is 18.9. The van der Waals surface area contributed by atoms with Gasteiger partial charge in [0.25, 0.3) is 5.91 Å². The Morgan fingerprint density at radius 2 is 1.33 bits per heavy atom. The van der Waals surface area contributed by atoms with E-state index in [1.807, 2.05) is 48.5 Å². The number of hydrogen-bond donors (Lipinski definition) is 1. The number of hydrogen-bond acceptors (Lipinski definition) is 3. The molecule has 0 aromatic heterocycles. The van der Waals surface area contributed by atoms with E-state index < -0.39 is 0 Å². The Labute approximate surface area is 158 Å². The van der Waals surface area contributed by atoms with Gasteiger partial charge >= 0.3 is 0 Å². The summed E-state index contributed by atoms with van der Waals surface area (Å²) in [6.45, 7) is 0.981. The molecule has 0 radical (unpaired) electrons. The van der Waals surface area contributed by atoms with E-state index in [0.29, 0.717) is 36.3 Å². The van der Waals surface area contributed by atoms with E-state index in [1.54, 1.807) is 36.4 Å². The van der Waals surface area contributed by atoms with Crippen LogP contribution in [0.15, 0.2) is 84.9 Å². The predicted molar refractivity (Wildman–Crippen MR) is 105 cm³/mol. The van der Waals surface area contributed by atoms with E-state index in [0.717, 1.165) is 5.75 Å². The SMILES string of the molecule is O=C(NCCCOc1ccccc1)c1ccccc1C(=O)c1ccccc1. The lowest BCUT2D eigenvalue weighted by Gasteiger charge is -2.10. The van der Waals surface area contributed by atoms with Gasteiger partial charge in [0.05, 0.1) is 12.2 Å². The van der Waals surface area contributed by atoms with Crippen LogP contribution in [0.5, 0.6) is 5.75 Å². The number of amides is 1. The molecule has 0 aliphatic heterocycles. The molecule has 0 saturated heterocycles. The molecule has 0 spiro atoms. The molecular weight excluding hydrogens is 338 g/mol. The number of rotatable bonds is 8. The van der Waals surface area contributed by atoms with Gasteiger partial charge in [0.2, 0.25) is 0 Å². The molecule has 4 heteroatoms. The number of carbonyl (C=O) groups excluding carboxylic acids is 2. The molecule has 0 atom stereocenters. The number of carbonyl (C=O) groups is 2. The van der Waals surface area contributed by atoms with Crippen molar-refractivity contribution in [3.8, 4) is 5.75 Å². The summed E-state index contributed by atoms with van der Waals surface area (Å²) in [4.78, 5) is 25.2. The van der Waals surface area contributed by atoms with Crippen molar-refractivity contribution in [1.29, 1.82) is 0 Å². The fourth-order valence-electron chi connectivity index (χ4n) is 2.70. The molecule has 3 aromatic carbocycles. The molecule has 0 saturated carbocycles. The summed E-state index contributed by atoms with van der Waals surface area (Å²) < 4.78 is 5.61. The summed E-state index contributed by atoms with van der Waals surface area (Å²) >= 11 is 0. The third kappa shape index (κ3) is 5.05. The molecule has 0 bridgehead atoms. The molecule has 1 N–H and O–H groups in total. The van der Waals surface area contributed by atoms with Crippen LogP contribution < -0.4 is 10.1 Å². The maximum absolute atomic E-state index is 12.7. The second-order valence-electron chi connectivity index (χ2n) is 6.01. The Hall–Kier alpha value is -3.40. The highest BCUT2D eigenvalue weighted by Crippen LogP contribution is 2.15. The zero-order valence-electron chi connectivity index (χ0n) is 14.9. The van der Waals surface area contributed by atoms with Gasteiger partial charge in [-0.05, 0) is 24.6 Å². The van der Waals surface area contributed by atoms with Gasteiger partial charge < -0.3 is 10.1 Å². The molecule has 3 rings (SSSR count). The van der Waals surface area contributed by atoms with Crippen LogP contribution in [0.3, 0.4) is 0 Å². The molecular formula is C23H21NO3. The summed E-state index contributed by atoms with van der Waals surface area (Å²) in [7, 11) is 0. The molecule has 4 nitrogen and oxygen atoms in total. The van der Waals surface area contributed by atoms with E-state index in [4.69, 9.17) is 4.74 Å². The maximum atomic E-state index is 12.7. The first-order chi connectivity index (χ1) is 13.3. The van der Waals surface area contributed by atoms with Crippen molar-refractivity contribution in [3.05, 3.63) is 102 Å². The van der Waals surface area contributed by atoms with Crippen molar-refractivity contribution in [2.45, 2.75) is 6.42 Å². The van der Waals surface area contributed by atoms with Crippen LogP contribution in [-0.2, 0) is 0 Å². The van der Waals surface area contributed by atoms with Crippen molar-refractivity contribution in [1.82, 2.24) is 5.32 Å². The molecule has 0 fully saturated rings. The summed E-state index contributed by atoms with van der Waals surface area (Å²) in [5, 5.41) is 2.86. The second-order valence-corrected chi connectivity index (χ2v) is 6.01. The minimum absolute atomic E-state index is 0.159.